The highest BCUT2D eigenvalue weighted by atomic mass is 32.2. The molecular formula is C16H23NO3S. The number of carbonyl (C=O) groups excluding carboxylic acids is 1. The fraction of sp³-hybridized carbons (Fsp3) is 0.562. The van der Waals surface area contributed by atoms with Crippen LogP contribution in [0, 0.1) is 19.8 Å². The van der Waals surface area contributed by atoms with Gasteiger partial charge in [0.2, 0.25) is 10.0 Å². The van der Waals surface area contributed by atoms with Crippen molar-refractivity contribution in [1.82, 2.24) is 4.31 Å². The maximum Gasteiger partial charge on any atom is 0.211 e. The van der Waals surface area contributed by atoms with Gasteiger partial charge in [0.1, 0.15) is 0 Å². The van der Waals surface area contributed by atoms with Gasteiger partial charge in [-0.3, -0.25) is 4.79 Å². The zero-order valence-corrected chi connectivity index (χ0v) is 13.7. The van der Waals surface area contributed by atoms with Crippen LogP contribution in [0.3, 0.4) is 0 Å². The number of ketones is 1. The molecule has 2 rings (SSSR count). The molecule has 0 bridgehead atoms. The number of Topliss-reactive ketones (excluding diaryl/α,β-unsaturated/α-hetero) is 1. The Morgan fingerprint density at radius 2 is 1.86 bits per heavy atom. The van der Waals surface area contributed by atoms with Crippen molar-refractivity contribution in [3.05, 3.63) is 34.9 Å². The molecule has 4 nitrogen and oxygen atoms in total. The molecular weight excluding hydrogens is 286 g/mol. The van der Waals surface area contributed by atoms with Gasteiger partial charge in [0.15, 0.2) is 5.78 Å². The highest BCUT2D eigenvalue weighted by molar-refractivity contribution is 7.88. The predicted molar refractivity (Wildman–Crippen MR) is 84.0 cm³/mol. The summed E-state index contributed by atoms with van der Waals surface area (Å²) < 4.78 is 24.7. The van der Waals surface area contributed by atoms with Crippen molar-refractivity contribution in [3.8, 4) is 0 Å². The van der Waals surface area contributed by atoms with Crippen LogP contribution >= 0.6 is 0 Å². The summed E-state index contributed by atoms with van der Waals surface area (Å²) in [6.45, 7) is 5.01. The van der Waals surface area contributed by atoms with E-state index in [1.54, 1.807) is 0 Å². The van der Waals surface area contributed by atoms with Gasteiger partial charge in [-0.05, 0) is 44.7 Å². The van der Waals surface area contributed by atoms with Gasteiger partial charge in [0.05, 0.1) is 6.26 Å². The molecule has 21 heavy (non-hydrogen) atoms. The Morgan fingerprint density at radius 1 is 1.24 bits per heavy atom. The number of nitrogens with zero attached hydrogens (tertiary/aromatic N) is 1. The van der Waals surface area contributed by atoms with Gasteiger partial charge in [0, 0.05) is 25.1 Å². The van der Waals surface area contributed by atoms with E-state index in [4.69, 9.17) is 0 Å². The third-order valence-corrected chi connectivity index (χ3v) is 5.24. The fourth-order valence-electron chi connectivity index (χ4n) is 3.01. The van der Waals surface area contributed by atoms with E-state index in [-0.39, 0.29) is 11.7 Å². The summed E-state index contributed by atoms with van der Waals surface area (Å²) in [6.07, 6.45) is 3.41. The molecule has 1 saturated heterocycles. The predicted octanol–water partition coefficient (Wildman–Crippen LogP) is 2.55. The topological polar surface area (TPSA) is 54.5 Å². The summed E-state index contributed by atoms with van der Waals surface area (Å²) in [5.41, 5.74) is 2.91. The molecule has 0 amide bonds. The third-order valence-electron chi connectivity index (χ3n) is 3.97. The molecule has 0 N–H and O–H groups in total. The minimum absolute atomic E-state index is 0.113. The van der Waals surface area contributed by atoms with Gasteiger partial charge < -0.3 is 0 Å². The normalized spacial score (nSPS) is 20.4. The average molecular weight is 309 g/mol. The summed E-state index contributed by atoms with van der Waals surface area (Å²) in [4.78, 5) is 12.4. The van der Waals surface area contributed by atoms with Gasteiger partial charge in [-0.2, -0.15) is 0 Å². The van der Waals surface area contributed by atoms with Crippen molar-refractivity contribution in [2.45, 2.75) is 33.1 Å². The molecule has 1 aliphatic heterocycles. The van der Waals surface area contributed by atoms with Gasteiger partial charge in [-0.1, -0.05) is 17.2 Å². The molecule has 0 radical (unpaired) electrons. The molecule has 1 atom stereocenters. The van der Waals surface area contributed by atoms with Crippen LogP contribution in [-0.2, 0) is 10.0 Å². The van der Waals surface area contributed by atoms with Gasteiger partial charge in [-0.25, -0.2) is 12.7 Å². The molecule has 116 valence electrons. The van der Waals surface area contributed by atoms with Crippen LogP contribution in [0.15, 0.2) is 18.2 Å². The smallest absolute Gasteiger partial charge is 0.211 e. The highest BCUT2D eigenvalue weighted by Gasteiger charge is 2.27. The molecule has 0 aromatic heterocycles. The molecule has 1 aliphatic rings. The summed E-state index contributed by atoms with van der Waals surface area (Å²) in [5.74, 6) is 0.240. The lowest BCUT2D eigenvalue weighted by molar-refractivity contribution is 0.0942. The van der Waals surface area contributed by atoms with E-state index in [2.05, 4.69) is 0 Å². The minimum Gasteiger partial charge on any atom is -0.294 e. The molecule has 0 saturated carbocycles. The highest BCUT2D eigenvalue weighted by Crippen LogP contribution is 2.23. The van der Waals surface area contributed by atoms with Crippen LogP contribution in [0.1, 0.15) is 40.7 Å². The maximum absolute atomic E-state index is 12.4. The molecule has 1 fully saturated rings. The zero-order valence-electron chi connectivity index (χ0n) is 12.9. The summed E-state index contributed by atoms with van der Waals surface area (Å²) in [6, 6.07) is 5.86. The fourth-order valence-corrected chi connectivity index (χ4v) is 3.95. The molecule has 1 heterocycles. The molecule has 0 spiro atoms. The molecule has 1 aromatic carbocycles. The van der Waals surface area contributed by atoms with E-state index in [1.807, 2.05) is 32.0 Å². The Morgan fingerprint density at radius 3 is 2.43 bits per heavy atom. The minimum atomic E-state index is -3.15. The van der Waals surface area contributed by atoms with Crippen molar-refractivity contribution < 1.29 is 13.2 Å². The van der Waals surface area contributed by atoms with Crippen LogP contribution in [0.5, 0.6) is 0 Å². The van der Waals surface area contributed by atoms with Crippen molar-refractivity contribution in [2.75, 3.05) is 19.3 Å². The van der Waals surface area contributed by atoms with E-state index in [0.717, 1.165) is 29.5 Å². The number of aryl methyl sites for hydroxylation is 2. The largest absolute Gasteiger partial charge is 0.294 e. The van der Waals surface area contributed by atoms with E-state index in [1.165, 1.54) is 10.6 Å². The number of piperidine rings is 1. The lowest BCUT2D eigenvalue weighted by Gasteiger charge is -2.30. The van der Waals surface area contributed by atoms with Crippen LogP contribution in [0.25, 0.3) is 0 Å². The third kappa shape index (κ3) is 4.38. The van der Waals surface area contributed by atoms with E-state index in [0.29, 0.717) is 19.5 Å². The number of sulfonamides is 1. The van der Waals surface area contributed by atoms with E-state index in [9.17, 15) is 13.2 Å². The van der Waals surface area contributed by atoms with Crippen LogP contribution in [0.2, 0.25) is 0 Å². The lowest BCUT2D eigenvalue weighted by Crippen LogP contribution is -2.39. The van der Waals surface area contributed by atoms with Gasteiger partial charge in [0.25, 0.3) is 0 Å². The Hall–Kier alpha value is -1.20. The number of benzene rings is 1. The first-order chi connectivity index (χ1) is 9.75. The average Bonchev–Trinajstić information content (AvgIpc) is 2.37. The van der Waals surface area contributed by atoms with Crippen molar-refractivity contribution in [3.63, 3.8) is 0 Å². The second kappa shape index (κ2) is 6.28. The van der Waals surface area contributed by atoms with Crippen LogP contribution in [0.4, 0.5) is 0 Å². The summed E-state index contributed by atoms with van der Waals surface area (Å²) in [7, 11) is -3.15. The second-order valence-corrected chi connectivity index (χ2v) is 8.12. The van der Waals surface area contributed by atoms with Crippen LogP contribution < -0.4 is 0 Å². The molecule has 5 heteroatoms. The van der Waals surface area contributed by atoms with Crippen molar-refractivity contribution >= 4 is 15.8 Å². The summed E-state index contributed by atoms with van der Waals surface area (Å²) >= 11 is 0. The Labute approximate surface area is 127 Å². The molecule has 1 aromatic rings. The first-order valence-corrected chi connectivity index (χ1v) is 9.17. The van der Waals surface area contributed by atoms with Gasteiger partial charge >= 0.3 is 0 Å². The monoisotopic (exact) mass is 309 g/mol. The lowest BCUT2D eigenvalue weighted by atomic mass is 9.91. The first-order valence-electron chi connectivity index (χ1n) is 7.32. The zero-order chi connectivity index (χ0) is 15.6. The maximum atomic E-state index is 12.4. The molecule has 1 unspecified atom stereocenters. The second-order valence-electron chi connectivity index (χ2n) is 6.13. The SMILES string of the molecule is Cc1cc(C)cc(C(=O)CC2CCCN(S(C)(=O)=O)C2)c1. The van der Waals surface area contributed by atoms with Crippen LogP contribution in [-0.4, -0.2) is 37.9 Å². The Bertz CT molecular complexity index is 617. The first kappa shape index (κ1) is 16.2. The number of hydrogen-bond donors (Lipinski definition) is 0. The van der Waals surface area contributed by atoms with E-state index < -0.39 is 10.0 Å². The van der Waals surface area contributed by atoms with Crippen molar-refractivity contribution in [1.29, 1.82) is 0 Å². The Balaban J connectivity index is 2.05. The summed E-state index contributed by atoms with van der Waals surface area (Å²) in [5, 5.41) is 0. The number of rotatable bonds is 4. The molecule has 0 aliphatic carbocycles. The van der Waals surface area contributed by atoms with Gasteiger partial charge in [-0.15, -0.1) is 0 Å². The quantitative estimate of drug-likeness (QED) is 0.803. The van der Waals surface area contributed by atoms with E-state index >= 15 is 0 Å². The standard InChI is InChI=1S/C16H23NO3S/c1-12-7-13(2)9-15(8-12)16(18)10-14-5-4-6-17(11-14)21(3,19)20/h7-9,14H,4-6,10-11H2,1-3H3. The van der Waals surface area contributed by atoms with Crippen molar-refractivity contribution in [2.24, 2.45) is 5.92 Å². The number of carbonyl (C=O) groups is 1. The Kier molecular flexibility index (Phi) is 4.84. The number of hydrogen-bond acceptors (Lipinski definition) is 3.